The second-order valence-electron chi connectivity index (χ2n) is 6.35. The fraction of sp³-hybridized carbons (Fsp3) is 0.933. The first kappa shape index (κ1) is 15.6. The summed E-state index contributed by atoms with van der Waals surface area (Å²) in [5.74, 6) is 0.650. The largest absolute Gasteiger partial charge is 0.393 e. The molecule has 0 bridgehead atoms. The van der Waals surface area contributed by atoms with Gasteiger partial charge in [0, 0.05) is 38.1 Å². The summed E-state index contributed by atoms with van der Waals surface area (Å²) < 4.78 is 5.36. The quantitative estimate of drug-likeness (QED) is 0.824. The molecule has 2 amide bonds. The number of urea groups is 1. The first-order valence-electron chi connectivity index (χ1n) is 7.85. The van der Waals surface area contributed by atoms with Crippen molar-refractivity contribution in [3.05, 3.63) is 0 Å². The zero-order valence-corrected chi connectivity index (χ0v) is 12.7. The van der Waals surface area contributed by atoms with Crippen LogP contribution in [0.3, 0.4) is 0 Å². The number of hydrogen-bond donors (Lipinski definition) is 2. The van der Waals surface area contributed by atoms with Crippen LogP contribution >= 0.6 is 0 Å². The van der Waals surface area contributed by atoms with Crippen molar-refractivity contribution in [3.63, 3.8) is 0 Å². The molecular weight excluding hydrogens is 256 g/mol. The van der Waals surface area contributed by atoms with E-state index < -0.39 is 0 Å². The third-order valence-electron chi connectivity index (χ3n) is 4.75. The predicted molar refractivity (Wildman–Crippen MR) is 77.5 cm³/mol. The Hall–Kier alpha value is -0.810. The molecule has 1 aliphatic heterocycles. The molecule has 1 saturated carbocycles. The lowest BCUT2D eigenvalue weighted by Crippen LogP contribution is -2.47. The van der Waals surface area contributed by atoms with E-state index in [0.29, 0.717) is 12.5 Å². The van der Waals surface area contributed by atoms with E-state index >= 15 is 0 Å². The van der Waals surface area contributed by atoms with E-state index in [0.717, 1.165) is 45.3 Å². The van der Waals surface area contributed by atoms with Crippen LogP contribution in [0, 0.1) is 11.8 Å². The van der Waals surface area contributed by atoms with E-state index in [1.54, 1.807) is 4.90 Å². The Labute approximate surface area is 121 Å². The molecule has 5 nitrogen and oxygen atoms in total. The molecular formula is C15H28N2O3. The summed E-state index contributed by atoms with van der Waals surface area (Å²) >= 11 is 0. The van der Waals surface area contributed by atoms with E-state index in [9.17, 15) is 9.90 Å². The van der Waals surface area contributed by atoms with Gasteiger partial charge < -0.3 is 20.1 Å². The van der Waals surface area contributed by atoms with Crippen LogP contribution in [0.5, 0.6) is 0 Å². The molecule has 4 atom stereocenters. The molecule has 2 N–H and O–H groups in total. The lowest BCUT2D eigenvalue weighted by atomic mass is 9.86. The summed E-state index contributed by atoms with van der Waals surface area (Å²) in [6.07, 6.45) is 4.92. The highest BCUT2D eigenvalue weighted by Crippen LogP contribution is 2.25. The van der Waals surface area contributed by atoms with Crippen LogP contribution in [0.1, 0.15) is 39.0 Å². The standard InChI is InChI=1S/C15H28N2O3/c1-11(13-7-8-20-10-13)16-15(19)17(2)9-12-5-3-4-6-14(12)18/h11-14,18H,3-10H2,1-2H3,(H,16,19). The second kappa shape index (κ2) is 7.27. The van der Waals surface area contributed by atoms with E-state index in [-0.39, 0.29) is 24.1 Å². The van der Waals surface area contributed by atoms with Crippen LogP contribution in [-0.2, 0) is 4.74 Å². The van der Waals surface area contributed by atoms with Gasteiger partial charge in [-0.3, -0.25) is 0 Å². The highest BCUT2D eigenvalue weighted by Gasteiger charge is 2.28. The molecule has 4 unspecified atom stereocenters. The maximum Gasteiger partial charge on any atom is 0.317 e. The Morgan fingerprint density at radius 1 is 1.40 bits per heavy atom. The summed E-state index contributed by atoms with van der Waals surface area (Å²) in [4.78, 5) is 13.9. The van der Waals surface area contributed by atoms with Gasteiger partial charge in [0.05, 0.1) is 12.7 Å². The summed E-state index contributed by atoms with van der Waals surface area (Å²) in [6.45, 7) is 4.23. The summed E-state index contributed by atoms with van der Waals surface area (Å²) in [6, 6.07) is 0.103. The third kappa shape index (κ3) is 4.09. The molecule has 1 aliphatic carbocycles. The van der Waals surface area contributed by atoms with Crippen LogP contribution < -0.4 is 5.32 Å². The zero-order valence-electron chi connectivity index (χ0n) is 12.7. The van der Waals surface area contributed by atoms with Crippen molar-refractivity contribution >= 4 is 6.03 Å². The summed E-state index contributed by atoms with van der Waals surface area (Å²) in [7, 11) is 1.81. The van der Waals surface area contributed by atoms with E-state index in [2.05, 4.69) is 5.32 Å². The molecule has 0 aromatic rings. The Morgan fingerprint density at radius 3 is 2.80 bits per heavy atom. The van der Waals surface area contributed by atoms with Crippen LogP contribution in [-0.4, -0.2) is 55.0 Å². The molecule has 20 heavy (non-hydrogen) atoms. The average Bonchev–Trinajstić information content (AvgIpc) is 2.95. The minimum Gasteiger partial charge on any atom is -0.393 e. The van der Waals surface area contributed by atoms with Crippen molar-refractivity contribution in [3.8, 4) is 0 Å². The smallest absolute Gasteiger partial charge is 0.317 e. The van der Waals surface area contributed by atoms with Crippen molar-refractivity contribution in [1.82, 2.24) is 10.2 Å². The van der Waals surface area contributed by atoms with Crippen molar-refractivity contribution in [2.45, 2.75) is 51.2 Å². The van der Waals surface area contributed by atoms with E-state index in [1.807, 2.05) is 14.0 Å². The highest BCUT2D eigenvalue weighted by molar-refractivity contribution is 5.74. The number of carbonyl (C=O) groups is 1. The topological polar surface area (TPSA) is 61.8 Å². The van der Waals surface area contributed by atoms with Crippen LogP contribution in [0.2, 0.25) is 0 Å². The SMILES string of the molecule is CC(NC(=O)N(C)CC1CCCCC1O)C1CCOC1. The van der Waals surface area contributed by atoms with Gasteiger partial charge >= 0.3 is 6.03 Å². The fourth-order valence-electron chi connectivity index (χ4n) is 3.21. The second-order valence-corrected chi connectivity index (χ2v) is 6.35. The van der Waals surface area contributed by atoms with Gasteiger partial charge in [-0.1, -0.05) is 12.8 Å². The number of amides is 2. The number of ether oxygens (including phenoxy) is 1. The number of rotatable bonds is 4. The molecule has 2 rings (SSSR count). The molecule has 2 aliphatic rings. The van der Waals surface area contributed by atoms with Gasteiger partial charge in [0.2, 0.25) is 0 Å². The Morgan fingerprint density at radius 2 is 2.15 bits per heavy atom. The predicted octanol–water partition coefficient (Wildman–Crippen LogP) is 1.60. The Balaban J connectivity index is 1.76. The minimum absolute atomic E-state index is 0.0397. The highest BCUT2D eigenvalue weighted by atomic mass is 16.5. The minimum atomic E-state index is -0.250. The normalized spacial score (nSPS) is 31.9. The van der Waals surface area contributed by atoms with Gasteiger partial charge in [0.1, 0.15) is 0 Å². The van der Waals surface area contributed by atoms with Gasteiger partial charge in [-0.25, -0.2) is 4.79 Å². The fourth-order valence-corrected chi connectivity index (χ4v) is 3.21. The molecule has 1 saturated heterocycles. The van der Waals surface area contributed by atoms with E-state index in [1.165, 1.54) is 0 Å². The van der Waals surface area contributed by atoms with Crippen molar-refractivity contribution in [1.29, 1.82) is 0 Å². The number of aliphatic hydroxyl groups excluding tert-OH is 1. The molecule has 116 valence electrons. The first-order valence-corrected chi connectivity index (χ1v) is 7.85. The Kier molecular flexibility index (Phi) is 5.66. The summed E-state index contributed by atoms with van der Waals surface area (Å²) in [5, 5.41) is 13.0. The first-order chi connectivity index (χ1) is 9.58. The maximum atomic E-state index is 12.2. The van der Waals surface area contributed by atoms with Crippen molar-refractivity contribution < 1.29 is 14.6 Å². The molecule has 0 radical (unpaired) electrons. The number of nitrogens with one attached hydrogen (secondary N) is 1. The van der Waals surface area contributed by atoms with Crippen molar-refractivity contribution in [2.75, 3.05) is 26.8 Å². The average molecular weight is 284 g/mol. The molecule has 0 aromatic heterocycles. The van der Waals surface area contributed by atoms with Crippen LogP contribution in [0.4, 0.5) is 4.79 Å². The third-order valence-corrected chi connectivity index (χ3v) is 4.75. The molecule has 2 fully saturated rings. The van der Waals surface area contributed by atoms with Gasteiger partial charge in [0.25, 0.3) is 0 Å². The van der Waals surface area contributed by atoms with E-state index in [4.69, 9.17) is 4.74 Å². The van der Waals surface area contributed by atoms with Crippen molar-refractivity contribution in [2.24, 2.45) is 11.8 Å². The lowest BCUT2D eigenvalue weighted by molar-refractivity contribution is 0.0561. The maximum absolute atomic E-state index is 12.2. The molecule has 5 heteroatoms. The Bertz CT molecular complexity index is 318. The number of nitrogens with zero attached hydrogens (tertiary/aromatic N) is 1. The van der Waals surface area contributed by atoms with Gasteiger partial charge in [0.15, 0.2) is 0 Å². The molecule has 1 heterocycles. The van der Waals surface area contributed by atoms with Gasteiger partial charge in [-0.2, -0.15) is 0 Å². The van der Waals surface area contributed by atoms with Gasteiger partial charge in [-0.15, -0.1) is 0 Å². The van der Waals surface area contributed by atoms with Crippen LogP contribution in [0.25, 0.3) is 0 Å². The zero-order chi connectivity index (χ0) is 14.5. The number of carbonyl (C=O) groups excluding carboxylic acids is 1. The summed E-state index contributed by atoms with van der Waals surface area (Å²) in [5.41, 5.74) is 0. The molecule has 0 aromatic carbocycles. The van der Waals surface area contributed by atoms with Crippen LogP contribution in [0.15, 0.2) is 0 Å². The number of aliphatic hydroxyl groups is 1. The van der Waals surface area contributed by atoms with Gasteiger partial charge in [-0.05, 0) is 26.2 Å². The lowest BCUT2D eigenvalue weighted by Gasteiger charge is -2.32. The number of hydrogen-bond acceptors (Lipinski definition) is 3. The monoisotopic (exact) mass is 284 g/mol. The molecule has 0 spiro atoms.